The van der Waals surface area contributed by atoms with E-state index in [1.165, 1.54) is 19.2 Å². The molecule has 10 heteroatoms. The molecule has 0 aliphatic carbocycles. The van der Waals surface area contributed by atoms with E-state index in [0.717, 1.165) is 21.7 Å². The van der Waals surface area contributed by atoms with Gasteiger partial charge in [0.15, 0.2) is 6.04 Å². The topological polar surface area (TPSA) is 116 Å². The van der Waals surface area contributed by atoms with Gasteiger partial charge in [0.2, 0.25) is 0 Å². The lowest BCUT2D eigenvalue weighted by Crippen LogP contribution is -2.56. The summed E-state index contributed by atoms with van der Waals surface area (Å²) in [6.07, 6.45) is -0.698. The summed E-state index contributed by atoms with van der Waals surface area (Å²) in [7, 11) is 1.21. The van der Waals surface area contributed by atoms with Crippen LogP contribution in [0, 0.1) is 0 Å². The van der Waals surface area contributed by atoms with Crippen LogP contribution in [0.15, 0.2) is 24.3 Å². The number of carbonyl (C=O) groups excluding carboxylic acids is 3. The van der Waals surface area contributed by atoms with Crippen molar-refractivity contribution in [3.63, 3.8) is 0 Å². The van der Waals surface area contributed by atoms with E-state index in [1.807, 2.05) is 0 Å². The fraction of sp³-hybridized carbons (Fsp3) is 0.375. The Morgan fingerprint density at radius 2 is 1.77 bits per heavy atom. The average molecular weight is 379 g/mol. The minimum Gasteiger partial charge on any atom is -0.480 e. The summed E-state index contributed by atoms with van der Waals surface area (Å²) >= 11 is 1.11. The number of methoxy groups -OCH3 is 1. The fourth-order valence-corrected chi connectivity index (χ4v) is 4.39. The Kier molecular flexibility index (Phi) is 4.41. The largest absolute Gasteiger partial charge is 0.480 e. The predicted octanol–water partition coefficient (Wildman–Crippen LogP) is 1.12. The molecule has 0 bridgehead atoms. The van der Waals surface area contributed by atoms with Gasteiger partial charge in [-0.25, -0.2) is 20.0 Å². The summed E-state index contributed by atoms with van der Waals surface area (Å²) in [4.78, 5) is 49.0. The molecular formula is C16H17N3O6S. The minimum atomic E-state index is -1.50. The maximum absolute atomic E-state index is 12.6. The van der Waals surface area contributed by atoms with Crippen molar-refractivity contribution < 1.29 is 29.0 Å². The van der Waals surface area contributed by atoms with Gasteiger partial charge in [-0.1, -0.05) is 12.1 Å². The number of benzene rings is 1. The highest BCUT2D eigenvalue weighted by atomic mass is 32.2. The molecule has 2 atom stereocenters. The quantitative estimate of drug-likeness (QED) is 0.751. The third-order valence-electron chi connectivity index (χ3n) is 4.21. The Bertz CT molecular complexity index is 776. The van der Waals surface area contributed by atoms with Crippen LogP contribution in [0.25, 0.3) is 0 Å². The normalized spacial score (nSPS) is 22.3. The molecule has 1 aromatic carbocycles. The fourth-order valence-electron chi connectivity index (χ4n) is 3.01. The number of amides is 3. The van der Waals surface area contributed by atoms with Crippen molar-refractivity contribution in [3.8, 4) is 0 Å². The van der Waals surface area contributed by atoms with E-state index in [9.17, 15) is 24.3 Å². The molecule has 3 amide bonds. The smallest absolute Gasteiger partial charge is 0.425 e. The summed E-state index contributed by atoms with van der Waals surface area (Å²) in [6.45, 7) is 3.39. The molecule has 0 unspecified atom stereocenters. The SMILES string of the molecule is COC(=O)N1N[C@@H]([C@@H](C(=O)O)N2C(=O)c3ccccc3C2=O)SC1(C)C. The van der Waals surface area contributed by atoms with E-state index < -0.39 is 40.2 Å². The molecule has 0 spiro atoms. The third kappa shape index (κ3) is 2.71. The number of ether oxygens (including phenoxy) is 1. The maximum atomic E-state index is 12.6. The van der Waals surface area contributed by atoms with Crippen molar-refractivity contribution in [2.45, 2.75) is 30.1 Å². The molecule has 0 radical (unpaired) electrons. The Labute approximate surface area is 153 Å². The molecule has 2 aliphatic rings. The van der Waals surface area contributed by atoms with Crippen LogP contribution in [-0.4, -0.2) is 62.3 Å². The lowest BCUT2D eigenvalue weighted by Gasteiger charge is -2.27. The first-order valence-electron chi connectivity index (χ1n) is 7.71. The first-order valence-corrected chi connectivity index (χ1v) is 8.59. The van der Waals surface area contributed by atoms with Gasteiger partial charge >= 0.3 is 12.1 Å². The standard InChI is InChI=1S/C16H17N3O6S/c1-16(2)19(15(24)25-3)17-11(26-16)10(14(22)23)18-12(20)8-6-4-5-7-9(8)13(18)21/h4-7,10-11,17H,1-3H3,(H,22,23)/t10-,11+/m0/s1. The van der Waals surface area contributed by atoms with Crippen LogP contribution in [0.5, 0.6) is 0 Å². The lowest BCUT2D eigenvalue weighted by atomic mass is 10.1. The molecule has 0 aromatic heterocycles. The molecule has 1 saturated heterocycles. The van der Waals surface area contributed by atoms with E-state index in [1.54, 1.807) is 26.0 Å². The van der Waals surface area contributed by atoms with Crippen molar-refractivity contribution in [3.05, 3.63) is 35.4 Å². The van der Waals surface area contributed by atoms with Crippen LogP contribution >= 0.6 is 11.8 Å². The monoisotopic (exact) mass is 379 g/mol. The lowest BCUT2D eigenvalue weighted by molar-refractivity contribution is -0.142. The average Bonchev–Trinajstić information content (AvgIpc) is 3.03. The van der Waals surface area contributed by atoms with Gasteiger partial charge in [-0.05, 0) is 26.0 Å². The van der Waals surface area contributed by atoms with Crippen molar-refractivity contribution in [2.24, 2.45) is 0 Å². The highest BCUT2D eigenvalue weighted by Crippen LogP contribution is 2.40. The van der Waals surface area contributed by atoms with Crippen molar-refractivity contribution in [1.82, 2.24) is 15.3 Å². The van der Waals surface area contributed by atoms with Gasteiger partial charge in [0, 0.05) is 0 Å². The molecule has 2 N–H and O–H groups in total. The molecule has 0 saturated carbocycles. The van der Waals surface area contributed by atoms with Crippen LogP contribution in [-0.2, 0) is 9.53 Å². The number of carboxylic acid groups (broad SMARTS) is 1. The number of imide groups is 1. The number of thioether (sulfide) groups is 1. The molecule has 2 aliphatic heterocycles. The Hall–Kier alpha value is -2.59. The van der Waals surface area contributed by atoms with Crippen LogP contribution in [0.1, 0.15) is 34.6 Å². The van der Waals surface area contributed by atoms with Crippen molar-refractivity contribution >= 4 is 35.6 Å². The zero-order chi connectivity index (χ0) is 19.2. The second-order valence-corrected chi connectivity index (χ2v) is 7.97. The molecule has 138 valence electrons. The summed E-state index contributed by atoms with van der Waals surface area (Å²) < 4.78 is 4.69. The van der Waals surface area contributed by atoms with Crippen LogP contribution in [0.2, 0.25) is 0 Å². The second kappa shape index (κ2) is 6.29. The summed E-state index contributed by atoms with van der Waals surface area (Å²) in [6, 6.07) is 4.67. The number of rotatable bonds is 3. The number of nitrogens with one attached hydrogen (secondary N) is 1. The van der Waals surface area contributed by atoms with E-state index in [0.29, 0.717) is 0 Å². The Morgan fingerprint density at radius 3 is 2.23 bits per heavy atom. The maximum Gasteiger partial charge on any atom is 0.425 e. The van der Waals surface area contributed by atoms with Gasteiger partial charge < -0.3 is 9.84 Å². The highest BCUT2D eigenvalue weighted by Gasteiger charge is 2.53. The van der Waals surface area contributed by atoms with Gasteiger partial charge in [0.25, 0.3) is 11.8 Å². The van der Waals surface area contributed by atoms with E-state index in [2.05, 4.69) is 5.43 Å². The van der Waals surface area contributed by atoms with Crippen LogP contribution in [0.3, 0.4) is 0 Å². The Balaban J connectivity index is 1.95. The van der Waals surface area contributed by atoms with E-state index in [4.69, 9.17) is 4.74 Å². The number of aliphatic carboxylic acids is 1. The van der Waals surface area contributed by atoms with Crippen LogP contribution in [0.4, 0.5) is 4.79 Å². The molecule has 3 rings (SSSR count). The minimum absolute atomic E-state index is 0.163. The zero-order valence-electron chi connectivity index (χ0n) is 14.3. The number of fused-ring (bicyclic) bond motifs is 1. The van der Waals surface area contributed by atoms with Crippen LogP contribution < -0.4 is 5.43 Å². The van der Waals surface area contributed by atoms with Gasteiger partial charge in [-0.15, -0.1) is 11.8 Å². The predicted molar refractivity (Wildman–Crippen MR) is 91.2 cm³/mol. The number of carboxylic acids is 1. The summed E-state index contributed by atoms with van der Waals surface area (Å²) in [5, 5.41) is 9.95. The number of hydrogen-bond donors (Lipinski definition) is 2. The molecular weight excluding hydrogens is 362 g/mol. The van der Waals surface area contributed by atoms with Gasteiger partial charge in [0.05, 0.1) is 18.2 Å². The number of hydrogen-bond acceptors (Lipinski definition) is 7. The van der Waals surface area contributed by atoms with Crippen molar-refractivity contribution in [2.75, 3.05) is 7.11 Å². The molecule has 1 fully saturated rings. The van der Waals surface area contributed by atoms with Gasteiger partial charge in [-0.3, -0.25) is 14.5 Å². The highest BCUT2D eigenvalue weighted by molar-refractivity contribution is 8.01. The van der Waals surface area contributed by atoms with E-state index >= 15 is 0 Å². The molecule has 2 heterocycles. The third-order valence-corrected chi connectivity index (χ3v) is 5.59. The summed E-state index contributed by atoms with van der Waals surface area (Å²) in [5.41, 5.74) is 3.08. The number of nitrogens with zero attached hydrogens (tertiary/aromatic N) is 2. The van der Waals surface area contributed by atoms with E-state index in [-0.39, 0.29) is 11.1 Å². The summed E-state index contributed by atoms with van der Waals surface area (Å²) in [5.74, 6) is -2.70. The first kappa shape index (κ1) is 18.2. The van der Waals surface area contributed by atoms with Crippen molar-refractivity contribution in [1.29, 1.82) is 0 Å². The number of hydrazine groups is 1. The molecule has 9 nitrogen and oxygen atoms in total. The molecule has 26 heavy (non-hydrogen) atoms. The zero-order valence-corrected chi connectivity index (χ0v) is 15.1. The Morgan fingerprint density at radius 1 is 1.23 bits per heavy atom. The van der Waals surface area contributed by atoms with Gasteiger partial charge in [0.1, 0.15) is 10.2 Å². The van der Waals surface area contributed by atoms with Gasteiger partial charge in [-0.2, -0.15) is 0 Å². The second-order valence-electron chi connectivity index (χ2n) is 6.23. The molecule has 1 aromatic rings. The first-order chi connectivity index (χ1) is 12.2. The number of carbonyl (C=O) groups is 4.